The van der Waals surface area contributed by atoms with Crippen molar-refractivity contribution in [1.82, 2.24) is 14.9 Å². The summed E-state index contributed by atoms with van der Waals surface area (Å²) in [6.07, 6.45) is 1.00. The third-order valence-corrected chi connectivity index (χ3v) is 7.65. The number of nitrogens with one attached hydrogen (secondary N) is 3. The zero-order valence-electron chi connectivity index (χ0n) is 22.6. The van der Waals surface area contributed by atoms with E-state index in [1.165, 1.54) is 12.0 Å². The summed E-state index contributed by atoms with van der Waals surface area (Å²) in [5, 5.41) is 15.9. The highest BCUT2D eigenvalue weighted by atomic mass is 32.2. The summed E-state index contributed by atoms with van der Waals surface area (Å²) in [6.45, 7) is 0.443. The molecule has 12 heteroatoms. The minimum absolute atomic E-state index is 0.135. The van der Waals surface area contributed by atoms with Gasteiger partial charge in [-0.25, -0.2) is 5.14 Å². The van der Waals surface area contributed by atoms with Crippen molar-refractivity contribution in [2.45, 2.75) is 37.4 Å². The summed E-state index contributed by atoms with van der Waals surface area (Å²) < 4.78 is 32.3. The number of ether oxygens (including phenoxy) is 1. The lowest BCUT2D eigenvalue weighted by Crippen LogP contribution is -2.56. The minimum Gasteiger partial charge on any atom is -0.496 e. The molecule has 4 rings (SSSR count). The normalized spacial score (nSPS) is 15.9. The number of nitrogens with two attached hydrogens (primary N) is 2. The Kier molecular flexibility index (Phi) is 9.38. The molecule has 216 valence electrons. The van der Waals surface area contributed by atoms with Gasteiger partial charge in [0.15, 0.2) is 0 Å². The van der Waals surface area contributed by atoms with Crippen LogP contribution in [0, 0.1) is 5.41 Å². The van der Waals surface area contributed by atoms with Gasteiger partial charge in [0.2, 0.25) is 11.8 Å². The fourth-order valence-corrected chi connectivity index (χ4v) is 5.78. The predicted octanol–water partition coefficient (Wildman–Crippen LogP) is 1.58. The molecule has 41 heavy (non-hydrogen) atoms. The monoisotopic (exact) mass is 578 g/mol. The molecule has 0 aromatic heterocycles. The average Bonchev–Trinajstić information content (AvgIpc) is 3.45. The molecular formula is C29H34N6O5S. The van der Waals surface area contributed by atoms with E-state index < -0.39 is 34.1 Å². The second-order valence-corrected chi connectivity index (χ2v) is 11.1. The number of carbonyl (C=O) groups excluding carboxylic acids is 2. The highest BCUT2D eigenvalue weighted by molar-refractivity contribution is 7.87. The Morgan fingerprint density at radius 1 is 1.05 bits per heavy atom. The van der Waals surface area contributed by atoms with Gasteiger partial charge in [0.25, 0.3) is 10.2 Å². The van der Waals surface area contributed by atoms with Gasteiger partial charge in [-0.05, 0) is 41.7 Å². The molecule has 3 aromatic carbocycles. The van der Waals surface area contributed by atoms with Gasteiger partial charge in [-0.1, -0.05) is 66.7 Å². The topological polar surface area (TPSA) is 181 Å². The lowest BCUT2D eigenvalue weighted by atomic mass is 9.84. The molecule has 0 saturated carbocycles. The van der Waals surface area contributed by atoms with Crippen molar-refractivity contribution in [3.05, 3.63) is 101 Å². The molecule has 1 aliphatic heterocycles. The molecule has 2 amide bonds. The van der Waals surface area contributed by atoms with E-state index in [9.17, 15) is 18.0 Å². The Balaban J connectivity index is 1.59. The molecule has 1 aliphatic rings. The Labute approximate surface area is 239 Å². The summed E-state index contributed by atoms with van der Waals surface area (Å²) >= 11 is 0. The lowest BCUT2D eigenvalue weighted by molar-refractivity contribution is -0.140. The van der Waals surface area contributed by atoms with Crippen LogP contribution in [0.4, 0.5) is 0 Å². The van der Waals surface area contributed by atoms with Gasteiger partial charge in [0.05, 0.1) is 12.7 Å². The van der Waals surface area contributed by atoms with Crippen LogP contribution in [0.2, 0.25) is 0 Å². The maximum Gasteiger partial charge on any atom is 0.275 e. The first kappa shape index (κ1) is 29.7. The maximum atomic E-state index is 14.1. The fourth-order valence-electron chi connectivity index (χ4n) is 5.19. The Hall–Kier alpha value is -4.26. The summed E-state index contributed by atoms with van der Waals surface area (Å²) in [7, 11) is -2.82. The number of nitrogen functional groups attached to an aromatic ring is 1. The SMILES string of the molecule is COc1cc(CNC(=O)[C@@H]2CCCN2C(=O)[C@H](NS(N)(=O)=O)C(c2ccccc2)c2ccccc2)ccc1C(=N)N. The second kappa shape index (κ2) is 12.9. The van der Waals surface area contributed by atoms with E-state index in [2.05, 4.69) is 10.0 Å². The molecule has 1 fully saturated rings. The van der Waals surface area contributed by atoms with Crippen LogP contribution >= 0.6 is 0 Å². The first-order chi connectivity index (χ1) is 19.6. The van der Waals surface area contributed by atoms with E-state index in [0.29, 0.717) is 24.2 Å². The maximum absolute atomic E-state index is 14.1. The summed E-state index contributed by atoms with van der Waals surface area (Å²) in [5.74, 6) is -1.33. The van der Waals surface area contributed by atoms with Gasteiger partial charge >= 0.3 is 0 Å². The van der Waals surface area contributed by atoms with Crippen molar-refractivity contribution in [3.63, 3.8) is 0 Å². The molecule has 7 N–H and O–H groups in total. The van der Waals surface area contributed by atoms with Gasteiger partial charge in [-0.15, -0.1) is 0 Å². The van der Waals surface area contributed by atoms with Crippen LogP contribution in [-0.4, -0.2) is 56.7 Å². The van der Waals surface area contributed by atoms with Crippen molar-refractivity contribution in [3.8, 4) is 5.75 Å². The van der Waals surface area contributed by atoms with Crippen LogP contribution in [0.15, 0.2) is 78.9 Å². The van der Waals surface area contributed by atoms with Crippen LogP contribution in [-0.2, 0) is 26.3 Å². The number of hydrogen-bond donors (Lipinski definition) is 5. The molecule has 0 spiro atoms. The van der Waals surface area contributed by atoms with Crippen molar-refractivity contribution in [1.29, 1.82) is 5.41 Å². The fraction of sp³-hybridized carbons (Fsp3) is 0.276. The van der Waals surface area contributed by atoms with Crippen molar-refractivity contribution in [2.75, 3.05) is 13.7 Å². The minimum atomic E-state index is -4.29. The zero-order valence-corrected chi connectivity index (χ0v) is 23.4. The molecule has 11 nitrogen and oxygen atoms in total. The molecule has 3 aromatic rings. The summed E-state index contributed by atoms with van der Waals surface area (Å²) in [4.78, 5) is 28.9. The smallest absolute Gasteiger partial charge is 0.275 e. The highest BCUT2D eigenvalue weighted by Crippen LogP contribution is 2.31. The largest absolute Gasteiger partial charge is 0.496 e. The first-order valence-electron chi connectivity index (χ1n) is 13.1. The molecular weight excluding hydrogens is 544 g/mol. The molecule has 2 atom stereocenters. The highest BCUT2D eigenvalue weighted by Gasteiger charge is 2.42. The van der Waals surface area contributed by atoms with E-state index >= 15 is 0 Å². The van der Waals surface area contributed by atoms with Gasteiger partial charge < -0.3 is 20.7 Å². The number of methoxy groups -OCH3 is 1. The molecule has 1 heterocycles. The molecule has 0 unspecified atom stereocenters. The van der Waals surface area contributed by atoms with Crippen molar-refractivity contribution in [2.24, 2.45) is 10.9 Å². The number of carbonyl (C=O) groups is 2. The van der Waals surface area contributed by atoms with Crippen LogP contribution in [0.3, 0.4) is 0 Å². The van der Waals surface area contributed by atoms with E-state index in [4.69, 9.17) is 21.0 Å². The molecule has 0 aliphatic carbocycles. The Morgan fingerprint density at radius 2 is 1.66 bits per heavy atom. The number of rotatable bonds is 11. The average molecular weight is 579 g/mol. The van der Waals surface area contributed by atoms with Crippen molar-refractivity contribution >= 4 is 27.9 Å². The molecule has 1 saturated heterocycles. The van der Waals surface area contributed by atoms with E-state index in [1.807, 2.05) is 60.7 Å². The van der Waals surface area contributed by atoms with Crippen LogP contribution in [0.1, 0.15) is 41.0 Å². The van der Waals surface area contributed by atoms with Gasteiger partial charge in [0, 0.05) is 19.0 Å². The number of benzene rings is 3. The Morgan fingerprint density at radius 3 is 2.20 bits per heavy atom. The lowest BCUT2D eigenvalue weighted by Gasteiger charge is -2.33. The van der Waals surface area contributed by atoms with Gasteiger partial charge in [-0.3, -0.25) is 15.0 Å². The van der Waals surface area contributed by atoms with Crippen LogP contribution in [0.25, 0.3) is 0 Å². The van der Waals surface area contributed by atoms with Gasteiger partial charge in [0.1, 0.15) is 23.7 Å². The Bertz CT molecular complexity index is 1460. The number of hydrogen-bond acceptors (Lipinski definition) is 6. The summed E-state index contributed by atoms with van der Waals surface area (Å²) in [6, 6.07) is 21.2. The van der Waals surface area contributed by atoms with E-state index in [0.717, 1.165) is 16.7 Å². The second-order valence-electron chi connectivity index (χ2n) is 9.80. The van der Waals surface area contributed by atoms with E-state index in [-0.39, 0.29) is 24.8 Å². The van der Waals surface area contributed by atoms with Crippen LogP contribution < -0.4 is 25.6 Å². The number of nitrogens with zero attached hydrogens (tertiary/aromatic N) is 1. The summed E-state index contributed by atoms with van der Waals surface area (Å²) in [5.41, 5.74) is 8.19. The third kappa shape index (κ3) is 7.28. The number of amidine groups is 1. The predicted molar refractivity (Wildman–Crippen MR) is 155 cm³/mol. The molecule has 0 radical (unpaired) electrons. The standard InChI is InChI=1S/C29H34N6O5S/c1-40-24-17-19(14-15-22(24)27(30)31)18-33-28(36)23-13-8-16-35(23)29(37)26(34-41(32,38)39)25(20-9-4-2-5-10-20)21-11-6-3-7-12-21/h2-7,9-12,14-15,17,23,25-26,34H,8,13,16,18H2,1H3,(H3,30,31)(H,33,36)(H2,32,38,39)/t23-,26+/m0/s1. The number of likely N-dealkylation sites (tertiary alicyclic amines) is 1. The van der Waals surface area contributed by atoms with E-state index in [1.54, 1.807) is 18.2 Å². The molecule has 0 bridgehead atoms. The third-order valence-electron chi connectivity index (χ3n) is 7.07. The quantitative estimate of drug-likeness (QED) is 0.170. The number of amides is 2. The first-order valence-corrected chi connectivity index (χ1v) is 14.6. The van der Waals surface area contributed by atoms with Crippen molar-refractivity contribution < 1.29 is 22.7 Å². The van der Waals surface area contributed by atoms with Gasteiger partial charge in [-0.2, -0.15) is 13.1 Å². The van der Waals surface area contributed by atoms with Crippen LogP contribution in [0.5, 0.6) is 5.75 Å². The zero-order chi connectivity index (χ0) is 29.6.